The van der Waals surface area contributed by atoms with E-state index >= 15 is 0 Å². The van der Waals surface area contributed by atoms with Crippen LogP contribution in [0.4, 0.5) is 0 Å². The van der Waals surface area contributed by atoms with Gasteiger partial charge in [-0.1, -0.05) is 0 Å². The number of aliphatic carboxylic acids is 1. The first-order chi connectivity index (χ1) is 9.99. The third kappa shape index (κ3) is 3.07. The minimum absolute atomic E-state index is 0.0714. The molecule has 4 rings (SSSR count). The van der Waals surface area contributed by atoms with E-state index in [2.05, 4.69) is 5.32 Å². The van der Waals surface area contributed by atoms with E-state index in [1.165, 1.54) is 19.3 Å². The van der Waals surface area contributed by atoms with Crippen LogP contribution in [0.1, 0.15) is 51.4 Å². The van der Waals surface area contributed by atoms with Crippen molar-refractivity contribution < 1.29 is 19.8 Å². The van der Waals surface area contributed by atoms with Crippen molar-refractivity contribution in [3.8, 4) is 0 Å². The quantitative estimate of drug-likeness (QED) is 0.694. The molecule has 5 nitrogen and oxygen atoms in total. The number of hydrogen-bond acceptors (Lipinski definition) is 3. The number of carboxylic acids is 1. The van der Waals surface area contributed by atoms with E-state index in [1.54, 1.807) is 0 Å². The van der Waals surface area contributed by atoms with Gasteiger partial charge in [-0.05, 0) is 61.7 Å². The first-order valence-corrected chi connectivity index (χ1v) is 8.13. The second kappa shape index (κ2) is 5.59. The van der Waals surface area contributed by atoms with Crippen LogP contribution >= 0.6 is 0 Å². The molecule has 21 heavy (non-hydrogen) atoms. The van der Waals surface area contributed by atoms with E-state index in [0.717, 1.165) is 37.0 Å². The van der Waals surface area contributed by atoms with E-state index in [-0.39, 0.29) is 24.3 Å². The topological polar surface area (TPSA) is 86.6 Å². The fraction of sp³-hybridized carbons (Fsp3) is 0.875. The monoisotopic (exact) mass is 295 g/mol. The summed E-state index contributed by atoms with van der Waals surface area (Å²) in [5.41, 5.74) is 0.126. The highest BCUT2D eigenvalue weighted by Crippen LogP contribution is 2.61. The SMILES string of the molecule is O=C(CC12CC3CC(CC(C3)C1)C2)NC(CCO)C(=O)O. The van der Waals surface area contributed by atoms with Crippen LogP contribution in [-0.2, 0) is 9.59 Å². The molecule has 4 aliphatic rings. The molecule has 0 saturated heterocycles. The predicted molar refractivity (Wildman–Crippen MR) is 76.5 cm³/mol. The van der Waals surface area contributed by atoms with Gasteiger partial charge in [0.2, 0.25) is 5.91 Å². The van der Waals surface area contributed by atoms with Gasteiger partial charge in [0.25, 0.3) is 0 Å². The number of aliphatic hydroxyl groups is 1. The smallest absolute Gasteiger partial charge is 0.326 e. The molecule has 0 aliphatic heterocycles. The van der Waals surface area contributed by atoms with Gasteiger partial charge < -0.3 is 15.5 Å². The van der Waals surface area contributed by atoms with Crippen molar-refractivity contribution in [3.05, 3.63) is 0 Å². The van der Waals surface area contributed by atoms with E-state index < -0.39 is 12.0 Å². The van der Waals surface area contributed by atoms with Gasteiger partial charge >= 0.3 is 5.97 Å². The molecule has 3 N–H and O–H groups in total. The molecule has 1 amide bonds. The van der Waals surface area contributed by atoms with Crippen molar-refractivity contribution in [1.29, 1.82) is 0 Å². The summed E-state index contributed by atoms with van der Waals surface area (Å²) in [6.07, 6.45) is 7.97. The molecule has 0 aromatic carbocycles. The molecule has 1 atom stereocenters. The summed E-state index contributed by atoms with van der Waals surface area (Å²) in [7, 11) is 0. The molecule has 4 saturated carbocycles. The summed E-state index contributed by atoms with van der Waals surface area (Å²) in [6, 6.07) is -0.962. The summed E-state index contributed by atoms with van der Waals surface area (Å²) in [6.45, 7) is -0.228. The van der Waals surface area contributed by atoms with Crippen LogP contribution in [0.3, 0.4) is 0 Å². The molecule has 0 radical (unpaired) electrons. The summed E-state index contributed by atoms with van der Waals surface area (Å²) >= 11 is 0. The number of amides is 1. The fourth-order valence-electron chi connectivity index (χ4n) is 5.48. The molecule has 5 heteroatoms. The van der Waals surface area contributed by atoms with Gasteiger partial charge in [-0.25, -0.2) is 4.79 Å². The lowest BCUT2D eigenvalue weighted by atomic mass is 9.49. The average Bonchev–Trinajstić information content (AvgIpc) is 2.35. The number of carbonyl (C=O) groups is 2. The largest absolute Gasteiger partial charge is 0.480 e. The zero-order chi connectivity index (χ0) is 15.0. The van der Waals surface area contributed by atoms with Crippen LogP contribution in [0.2, 0.25) is 0 Å². The second-order valence-electron chi connectivity index (χ2n) is 7.56. The normalized spacial score (nSPS) is 38.2. The number of rotatable bonds is 6. The zero-order valence-electron chi connectivity index (χ0n) is 12.4. The Balaban J connectivity index is 1.61. The third-order valence-corrected chi connectivity index (χ3v) is 5.75. The molecule has 4 fully saturated rings. The highest BCUT2D eigenvalue weighted by atomic mass is 16.4. The summed E-state index contributed by atoms with van der Waals surface area (Å²) in [4.78, 5) is 23.3. The minimum Gasteiger partial charge on any atom is -0.480 e. The van der Waals surface area contributed by atoms with Crippen LogP contribution in [0.25, 0.3) is 0 Å². The van der Waals surface area contributed by atoms with Crippen molar-refractivity contribution in [1.82, 2.24) is 5.32 Å². The number of hydrogen-bond donors (Lipinski definition) is 3. The summed E-state index contributed by atoms with van der Waals surface area (Å²) < 4.78 is 0. The summed E-state index contributed by atoms with van der Waals surface area (Å²) in [5, 5.41) is 20.5. The van der Waals surface area contributed by atoms with Crippen molar-refractivity contribution in [2.45, 2.75) is 57.4 Å². The van der Waals surface area contributed by atoms with Crippen molar-refractivity contribution >= 4 is 11.9 Å². The molecule has 0 aromatic rings. The number of aliphatic hydroxyl groups excluding tert-OH is 1. The van der Waals surface area contributed by atoms with Gasteiger partial charge in [0.15, 0.2) is 0 Å². The lowest BCUT2D eigenvalue weighted by molar-refractivity contribution is -0.143. The van der Waals surface area contributed by atoms with E-state index in [9.17, 15) is 9.59 Å². The van der Waals surface area contributed by atoms with Crippen LogP contribution in [0, 0.1) is 23.2 Å². The number of carbonyl (C=O) groups excluding carboxylic acids is 1. The Morgan fingerprint density at radius 1 is 1.10 bits per heavy atom. The second-order valence-corrected chi connectivity index (χ2v) is 7.56. The lowest BCUT2D eigenvalue weighted by Crippen LogP contribution is -2.49. The first-order valence-electron chi connectivity index (χ1n) is 8.13. The minimum atomic E-state index is -1.07. The first kappa shape index (κ1) is 14.8. The van der Waals surface area contributed by atoms with E-state index in [1.807, 2.05) is 0 Å². The predicted octanol–water partition coefficient (Wildman–Crippen LogP) is 1.54. The molecule has 0 aromatic heterocycles. The maximum Gasteiger partial charge on any atom is 0.326 e. The van der Waals surface area contributed by atoms with Crippen molar-refractivity contribution in [3.63, 3.8) is 0 Å². The Labute approximate surface area is 125 Å². The Hall–Kier alpha value is -1.10. The van der Waals surface area contributed by atoms with E-state index in [4.69, 9.17) is 10.2 Å². The highest BCUT2D eigenvalue weighted by molar-refractivity contribution is 5.83. The van der Waals surface area contributed by atoms with Gasteiger partial charge in [-0.3, -0.25) is 4.79 Å². The van der Waals surface area contributed by atoms with Gasteiger partial charge in [0.1, 0.15) is 6.04 Å². The molecule has 0 heterocycles. The van der Waals surface area contributed by atoms with Crippen LogP contribution in [0.5, 0.6) is 0 Å². The zero-order valence-corrected chi connectivity index (χ0v) is 12.4. The van der Waals surface area contributed by atoms with Gasteiger partial charge in [0.05, 0.1) is 0 Å². The fourth-order valence-corrected chi connectivity index (χ4v) is 5.48. The van der Waals surface area contributed by atoms with Gasteiger partial charge in [-0.15, -0.1) is 0 Å². The van der Waals surface area contributed by atoms with E-state index in [0.29, 0.717) is 6.42 Å². The lowest BCUT2D eigenvalue weighted by Gasteiger charge is -2.56. The summed E-state index contributed by atoms with van der Waals surface area (Å²) in [5.74, 6) is 1.14. The molecule has 4 bridgehead atoms. The molecule has 0 spiro atoms. The maximum absolute atomic E-state index is 12.3. The van der Waals surface area contributed by atoms with Crippen LogP contribution in [-0.4, -0.2) is 34.7 Å². The van der Waals surface area contributed by atoms with Crippen molar-refractivity contribution in [2.75, 3.05) is 6.61 Å². The van der Waals surface area contributed by atoms with Gasteiger partial charge in [0, 0.05) is 19.4 Å². The number of nitrogens with one attached hydrogen (secondary N) is 1. The maximum atomic E-state index is 12.3. The van der Waals surface area contributed by atoms with Crippen LogP contribution < -0.4 is 5.32 Å². The Morgan fingerprint density at radius 3 is 2.05 bits per heavy atom. The Bertz CT molecular complexity index is 399. The van der Waals surface area contributed by atoms with Crippen molar-refractivity contribution in [2.24, 2.45) is 23.2 Å². The molecular weight excluding hydrogens is 270 g/mol. The van der Waals surface area contributed by atoms with Crippen LogP contribution in [0.15, 0.2) is 0 Å². The average molecular weight is 295 g/mol. The molecule has 4 aliphatic carbocycles. The van der Waals surface area contributed by atoms with Gasteiger partial charge in [-0.2, -0.15) is 0 Å². The Kier molecular flexibility index (Phi) is 3.95. The number of carboxylic acid groups (broad SMARTS) is 1. The Morgan fingerprint density at radius 2 is 1.62 bits per heavy atom. The standard InChI is InChI=1S/C16H25NO4/c18-2-1-13(15(20)21)17-14(19)9-16-6-10-3-11(7-16)5-12(4-10)8-16/h10-13,18H,1-9H2,(H,17,19)(H,20,21). The molecule has 1 unspecified atom stereocenters. The molecule has 118 valence electrons. The molecular formula is C16H25NO4. The highest BCUT2D eigenvalue weighted by Gasteiger charge is 2.51. The third-order valence-electron chi connectivity index (χ3n) is 5.75.